The predicted octanol–water partition coefficient (Wildman–Crippen LogP) is 7.73. The van der Waals surface area contributed by atoms with Crippen LogP contribution in [0.3, 0.4) is 0 Å². The Morgan fingerprint density at radius 2 is 1.83 bits per heavy atom. The van der Waals surface area contributed by atoms with Crippen molar-refractivity contribution in [1.29, 1.82) is 0 Å². The number of aliphatic carboxylic acids is 1. The van der Waals surface area contributed by atoms with E-state index < -0.39 is 41.1 Å². The number of nitrogens with zero attached hydrogens (tertiary/aromatic N) is 3. The Balaban J connectivity index is 1.96. The second-order valence-electron chi connectivity index (χ2n) is 10.1. The lowest BCUT2D eigenvalue weighted by molar-refractivity contribution is -0.143. The van der Waals surface area contributed by atoms with E-state index in [0.717, 1.165) is 43.1 Å². The number of halogens is 4. The Morgan fingerprint density at radius 1 is 1.12 bits per heavy atom. The number of thiazole rings is 1. The van der Waals surface area contributed by atoms with Gasteiger partial charge in [-0.3, -0.25) is 9.78 Å². The van der Waals surface area contributed by atoms with Gasteiger partial charge in [0.05, 0.1) is 17.9 Å². The molecule has 0 aliphatic carbocycles. The summed E-state index contributed by atoms with van der Waals surface area (Å²) in [4.78, 5) is 33.4. The number of hydrogen-bond donors (Lipinski definition) is 2. The van der Waals surface area contributed by atoms with E-state index in [1.165, 1.54) is 31.5 Å². The normalized spacial score (nSPS) is 13.0. The van der Waals surface area contributed by atoms with Gasteiger partial charge in [-0.2, -0.15) is 17.6 Å². The van der Waals surface area contributed by atoms with Gasteiger partial charge in [-0.05, 0) is 49.6 Å². The summed E-state index contributed by atoms with van der Waals surface area (Å²) in [6, 6.07) is 6.56. The highest BCUT2D eigenvalue weighted by molar-refractivity contribution is 7.14. The number of unbranched alkanes of at least 4 members (excludes halogenated alkanes) is 5. The molecular weight excluding hydrogens is 576 g/mol. The molecule has 2 aromatic heterocycles. The van der Waals surface area contributed by atoms with Gasteiger partial charge in [0.15, 0.2) is 0 Å². The van der Waals surface area contributed by atoms with E-state index in [1.54, 1.807) is 12.1 Å². The first-order valence-corrected chi connectivity index (χ1v) is 14.4. The Bertz CT molecular complexity index is 1350. The molecule has 0 saturated heterocycles. The topological polar surface area (TPSA) is 119 Å². The van der Waals surface area contributed by atoms with Gasteiger partial charge in [-0.15, -0.1) is 0 Å². The van der Waals surface area contributed by atoms with Crippen LogP contribution in [0, 0.1) is 5.13 Å². The molecule has 0 fully saturated rings. The number of aryl methyl sites for hydroxylation is 1. The fraction of sp³-hybridized carbons (Fsp3) is 0.448. The van der Waals surface area contributed by atoms with Crippen LogP contribution in [0.2, 0.25) is 0 Å². The maximum atomic E-state index is 15.0. The van der Waals surface area contributed by atoms with E-state index >= 15 is 4.39 Å². The standard InChI is InChI=1S/C29H34F4N4O4S/c1-3-4-5-6-7-8-10-19-12-13-21(17-22(19)29(31,32)33)37(27(40)41-16-14-28(2,34)25(38)39)26-36-23(24(30)42-26)20-11-9-15-35-18-20/h9,11-13,15,17-18H,3-8,10,14,16,34H2,1-2H3,(H,38,39). The maximum Gasteiger partial charge on any atom is 0.420 e. The molecule has 1 aromatic carbocycles. The molecule has 0 aliphatic rings. The van der Waals surface area contributed by atoms with Gasteiger partial charge in [0.1, 0.15) is 11.2 Å². The monoisotopic (exact) mass is 610 g/mol. The van der Waals surface area contributed by atoms with Gasteiger partial charge >= 0.3 is 18.2 Å². The quantitative estimate of drug-likeness (QED) is 0.142. The minimum absolute atomic E-state index is 0.0804. The molecule has 8 nitrogen and oxygen atoms in total. The van der Waals surface area contributed by atoms with Crippen LogP contribution in [-0.2, 0) is 22.1 Å². The van der Waals surface area contributed by atoms with E-state index in [2.05, 4.69) is 16.9 Å². The summed E-state index contributed by atoms with van der Waals surface area (Å²) >= 11 is 0.445. The molecule has 0 radical (unpaired) electrons. The molecule has 3 rings (SSSR count). The van der Waals surface area contributed by atoms with Crippen LogP contribution in [0.4, 0.5) is 33.2 Å². The Morgan fingerprint density at radius 3 is 2.48 bits per heavy atom. The zero-order valence-electron chi connectivity index (χ0n) is 23.4. The van der Waals surface area contributed by atoms with Crippen molar-refractivity contribution < 1.29 is 37.0 Å². The van der Waals surface area contributed by atoms with Crippen LogP contribution in [0.15, 0.2) is 42.7 Å². The van der Waals surface area contributed by atoms with Crippen molar-refractivity contribution in [3.63, 3.8) is 0 Å². The first-order valence-electron chi connectivity index (χ1n) is 13.6. The molecule has 0 aliphatic heterocycles. The summed E-state index contributed by atoms with van der Waals surface area (Å²) in [5.74, 6) is -1.32. The number of alkyl halides is 3. The second-order valence-corrected chi connectivity index (χ2v) is 11.1. The number of hydrogen-bond acceptors (Lipinski definition) is 7. The summed E-state index contributed by atoms with van der Waals surface area (Å²) in [5.41, 5.74) is 3.06. The number of carboxylic acid groups (broad SMARTS) is 1. The SMILES string of the molecule is CCCCCCCCc1ccc(N(C(=O)OCCC(C)(N)C(=O)O)c2nc(-c3cccnc3)c(F)s2)cc1C(F)(F)F. The highest BCUT2D eigenvalue weighted by atomic mass is 32.1. The Labute approximate surface area is 245 Å². The van der Waals surface area contributed by atoms with Crippen molar-refractivity contribution in [2.75, 3.05) is 11.5 Å². The fourth-order valence-corrected chi connectivity index (χ4v) is 4.99. The number of ether oxygens (including phenoxy) is 1. The van der Waals surface area contributed by atoms with E-state index in [4.69, 9.17) is 10.5 Å². The number of carbonyl (C=O) groups is 2. The smallest absolute Gasteiger partial charge is 0.420 e. The van der Waals surface area contributed by atoms with E-state index in [9.17, 15) is 27.9 Å². The molecule has 3 N–H and O–H groups in total. The number of amides is 1. The number of pyridine rings is 1. The minimum atomic E-state index is -4.72. The molecule has 0 bridgehead atoms. The third-order valence-corrected chi connectivity index (χ3v) is 7.50. The molecule has 228 valence electrons. The predicted molar refractivity (Wildman–Crippen MR) is 152 cm³/mol. The molecular formula is C29H34F4N4O4S. The zero-order valence-corrected chi connectivity index (χ0v) is 24.2. The summed E-state index contributed by atoms with van der Waals surface area (Å²) in [6.07, 6.45) is 2.35. The van der Waals surface area contributed by atoms with Crippen LogP contribution >= 0.6 is 11.3 Å². The second kappa shape index (κ2) is 14.5. The van der Waals surface area contributed by atoms with Crippen molar-refractivity contribution in [1.82, 2.24) is 9.97 Å². The van der Waals surface area contributed by atoms with Gasteiger partial charge < -0.3 is 15.6 Å². The van der Waals surface area contributed by atoms with Crippen LogP contribution in [0.1, 0.15) is 69.9 Å². The van der Waals surface area contributed by atoms with Crippen LogP contribution in [-0.4, -0.2) is 39.3 Å². The summed E-state index contributed by atoms with van der Waals surface area (Å²) in [5, 5.41) is 8.16. The van der Waals surface area contributed by atoms with Crippen molar-refractivity contribution in [2.45, 2.75) is 76.9 Å². The molecule has 42 heavy (non-hydrogen) atoms. The van der Waals surface area contributed by atoms with E-state index in [-0.39, 0.29) is 34.9 Å². The van der Waals surface area contributed by atoms with E-state index in [1.807, 2.05) is 0 Å². The maximum absolute atomic E-state index is 15.0. The summed E-state index contributed by atoms with van der Waals surface area (Å²) in [7, 11) is 0. The first-order chi connectivity index (χ1) is 19.8. The highest BCUT2D eigenvalue weighted by Gasteiger charge is 2.36. The Kier molecular flexibility index (Phi) is 11.4. The van der Waals surface area contributed by atoms with Crippen molar-refractivity contribution in [3.8, 4) is 11.3 Å². The van der Waals surface area contributed by atoms with Gasteiger partial charge in [0.25, 0.3) is 0 Å². The Hall–Kier alpha value is -3.58. The molecule has 1 amide bonds. The van der Waals surface area contributed by atoms with Crippen LogP contribution in [0.5, 0.6) is 0 Å². The van der Waals surface area contributed by atoms with Gasteiger partial charge in [0, 0.05) is 24.4 Å². The van der Waals surface area contributed by atoms with Gasteiger partial charge in [-0.1, -0.05) is 56.4 Å². The third kappa shape index (κ3) is 8.71. The number of benzene rings is 1. The molecule has 0 saturated carbocycles. The average molecular weight is 611 g/mol. The molecule has 3 aromatic rings. The van der Waals surface area contributed by atoms with Crippen molar-refractivity contribution in [2.24, 2.45) is 5.73 Å². The van der Waals surface area contributed by atoms with Crippen LogP contribution < -0.4 is 10.6 Å². The molecule has 1 unspecified atom stereocenters. The molecule has 13 heteroatoms. The van der Waals surface area contributed by atoms with E-state index in [0.29, 0.717) is 23.3 Å². The summed E-state index contributed by atoms with van der Waals surface area (Å²) < 4.78 is 62.8. The lowest BCUT2D eigenvalue weighted by Gasteiger charge is -2.23. The number of anilines is 2. The number of carbonyl (C=O) groups excluding carboxylic acids is 1. The number of aromatic nitrogens is 2. The van der Waals surface area contributed by atoms with Gasteiger partial charge in [-0.25, -0.2) is 14.7 Å². The average Bonchev–Trinajstić information content (AvgIpc) is 3.31. The summed E-state index contributed by atoms with van der Waals surface area (Å²) in [6.45, 7) is 2.86. The van der Waals surface area contributed by atoms with Gasteiger partial charge in [0.2, 0.25) is 10.3 Å². The zero-order chi connectivity index (χ0) is 30.9. The molecule has 0 spiro atoms. The number of rotatable bonds is 14. The lowest BCUT2D eigenvalue weighted by atomic mass is 9.99. The number of nitrogens with two attached hydrogens (primary N) is 1. The number of carboxylic acids is 1. The molecule has 2 heterocycles. The van der Waals surface area contributed by atoms with Crippen molar-refractivity contribution in [3.05, 3.63) is 59.0 Å². The highest BCUT2D eigenvalue weighted by Crippen LogP contribution is 2.40. The minimum Gasteiger partial charge on any atom is -0.480 e. The fourth-order valence-electron chi connectivity index (χ4n) is 4.16. The van der Waals surface area contributed by atoms with Crippen LogP contribution in [0.25, 0.3) is 11.3 Å². The molecule has 1 atom stereocenters. The lowest BCUT2D eigenvalue weighted by Crippen LogP contribution is -2.46. The van der Waals surface area contributed by atoms with Crippen molar-refractivity contribution >= 4 is 34.2 Å². The largest absolute Gasteiger partial charge is 0.480 e. The first kappa shape index (κ1) is 32.9. The third-order valence-electron chi connectivity index (χ3n) is 6.68.